The first kappa shape index (κ1) is 14.6. The fourth-order valence-electron chi connectivity index (χ4n) is 2.34. The number of H-pyrrole nitrogens is 1. The van der Waals surface area contributed by atoms with Gasteiger partial charge in [0.25, 0.3) is 0 Å². The van der Waals surface area contributed by atoms with Gasteiger partial charge in [-0.3, -0.25) is 0 Å². The lowest BCUT2D eigenvalue weighted by Gasteiger charge is -2.16. The first-order chi connectivity index (χ1) is 9.81. The molecule has 108 valence electrons. The molecule has 2 rings (SSSR count). The summed E-state index contributed by atoms with van der Waals surface area (Å²) >= 11 is 0. The van der Waals surface area contributed by atoms with E-state index in [4.69, 9.17) is 4.74 Å². The maximum Gasteiger partial charge on any atom is 0.118 e. The van der Waals surface area contributed by atoms with Crippen LogP contribution in [0, 0.1) is 0 Å². The third-order valence-electron chi connectivity index (χ3n) is 3.43. The van der Waals surface area contributed by atoms with Crippen molar-refractivity contribution >= 4 is 0 Å². The zero-order valence-electron chi connectivity index (χ0n) is 12.2. The number of benzene rings is 1. The van der Waals surface area contributed by atoms with Crippen LogP contribution in [0.2, 0.25) is 0 Å². The Morgan fingerprint density at radius 2 is 2.10 bits per heavy atom. The second-order valence-corrected chi connectivity index (χ2v) is 4.88. The number of aromatic amines is 1. The monoisotopic (exact) mass is 273 g/mol. The summed E-state index contributed by atoms with van der Waals surface area (Å²) in [5.74, 6) is 1.96. The molecule has 2 aromatic rings. The second kappa shape index (κ2) is 7.70. The number of rotatable bonds is 8. The number of imidazole rings is 1. The van der Waals surface area contributed by atoms with Crippen LogP contribution < -0.4 is 10.1 Å². The predicted molar refractivity (Wildman–Crippen MR) is 81.1 cm³/mol. The second-order valence-electron chi connectivity index (χ2n) is 4.88. The van der Waals surface area contributed by atoms with Crippen molar-refractivity contribution < 1.29 is 4.74 Å². The van der Waals surface area contributed by atoms with Crippen molar-refractivity contribution in [3.63, 3.8) is 0 Å². The van der Waals surface area contributed by atoms with Crippen LogP contribution in [0.5, 0.6) is 5.75 Å². The lowest BCUT2D eigenvalue weighted by molar-refractivity contribution is 0.414. The number of aromatic nitrogens is 2. The molecule has 4 heteroatoms. The van der Waals surface area contributed by atoms with Gasteiger partial charge in [0.1, 0.15) is 11.6 Å². The van der Waals surface area contributed by atoms with E-state index in [1.165, 1.54) is 5.56 Å². The summed E-state index contributed by atoms with van der Waals surface area (Å²) in [7, 11) is 1.69. The van der Waals surface area contributed by atoms with E-state index in [0.29, 0.717) is 6.04 Å². The van der Waals surface area contributed by atoms with E-state index >= 15 is 0 Å². The van der Waals surface area contributed by atoms with Gasteiger partial charge in [-0.1, -0.05) is 19.1 Å². The molecular weight excluding hydrogens is 250 g/mol. The SMILES string of the molecule is CCNC(CCc1ccc(OC)cc1)Cc1ncc[nH]1. The molecular formula is C16H23N3O. The summed E-state index contributed by atoms with van der Waals surface area (Å²) in [6.45, 7) is 3.12. The lowest BCUT2D eigenvalue weighted by Crippen LogP contribution is -2.31. The number of hydrogen-bond acceptors (Lipinski definition) is 3. The zero-order chi connectivity index (χ0) is 14.2. The molecule has 0 spiro atoms. The number of likely N-dealkylation sites (N-methyl/N-ethyl adjacent to an activating group) is 1. The minimum Gasteiger partial charge on any atom is -0.497 e. The molecule has 2 N–H and O–H groups in total. The van der Waals surface area contributed by atoms with Crippen molar-refractivity contribution in [1.82, 2.24) is 15.3 Å². The van der Waals surface area contributed by atoms with Crippen molar-refractivity contribution in [2.75, 3.05) is 13.7 Å². The largest absolute Gasteiger partial charge is 0.497 e. The van der Waals surface area contributed by atoms with E-state index < -0.39 is 0 Å². The minimum atomic E-state index is 0.452. The maximum atomic E-state index is 5.18. The predicted octanol–water partition coefficient (Wildman–Crippen LogP) is 2.57. The van der Waals surface area contributed by atoms with Gasteiger partial charge in [0, 0.05) is 24.9 Å². The maximum absolute atomic E-state index is 5.18. The van der Waals surface area contributed by atoms with Crippen LogP contribution in [0.25, 0.3) is 0 Å². The number of nitrogens with zero attached hydrogens (tertiary/aromatic N) is 1. The number of aryl methyl sites for hydroxylation is 1. The summed E-state index contributed by atoms with van der Waals surface area (Å²) in [6.07, 6.45) is 6.78. The molecule has 20 heavy (non-hydrogen) atoms. The summed E-state index contributed by atoms with van der Waals surface area (Å²) in [5, 5.41) is 3.53. The van der Waals surface area contributed by atoms with Gasteiger partial charge in [-0.15, -0.1) is 0 Å². The molecule has 1 aromatic heterocycles. The van der Waals surface area contributed by atoms with Crippen LogP contribution in [0.4, 0.5) is 0 Å². The Morgan fingerprint density at radius 3 is 2.70 bits per heavy atom. The first-order valence-electron chi connectivity index (χ1n) is 7.16. The van der Waals surface area contributed by atoms with Crippen LogP contribution in [0.3, 0.4) is 0 Å². The Hall–Kier alpha value is -1.81. The minimum absolute atomic E-state index is 0.452. The van der Waals surface area contributed by atoms with Crippen molar-refractivity contribution in [3.05, 3.63) is 48.0 Å². The Morgan fingerprint density at radius 1 is 1.30 bits per heavy atom. The summed E-state index contributed by atoms with van der Waals surface area (Å²) < 4.78 is 5.18. The van der Waals surface area contributed by atoms with Gasteiger partial charge in [0.05, 0.1) is 7.11 Å². The van der Waals surface area contributed by atoms with Gasteiger partial charge in [-0.05, 0) is 37.1 Å². The van der Waals surface area contributed by atoms with Crippen molar-refractivity contribution in [2.45, 2.75) is 32.2 Å². The van der Waals surface area contributed by atoms with E-state index in [0.717, 1.165) is 37.4 Å². The molecule has 0 radical (unpaired) electrons. The molecule has 0 saturated carbocycles. The fraction of sp³-hybridized carbons (Fsp3) is 0.438. The molecule has 1 unspecified atom stereocenters. The number of hydrogen-bond donors (Lipinski definition) is 2. The molecule has 0 aliphatic rings. The van der Waals surface area contributed by atoms with E-state index in [9.17, 15) is 0 Å². The van der Waals surface area contributed by atoms with Crippen molar-refractivity contribution in [3.8, 4) is 5.75 Å². The fourth-order valence-corrected chi connectivity index (χ4v) is 2.34. The molecule has 1 heterocycles. The Kier molecular flexibility index (Phi) is 5.62. The Bertz CT molecular complexity index is 479. The lowest BCUT2D eigenvalue weighted by atomic mass is 10.0. The molecule has 0 fully saturated rings. The van der Waals surface area contributed by atoms with Gasteiger partial charge in [-0.2, -0.15) is 0 Å². The smallest absolute Gasteiger partial charge is 0.118 e. The highest BCUT2D eigenvalue weighted by atomic mass is 16.5. The van der Waals surface area contributed by atoms with Crippen LogP contribution in [0.1, 0.15) is 24.7 Å². The number of methoxy groups -OCH3 is 1. The average Bonchev–Trinajstić information content (AvgIpc) is 2.98. The zero-order valence-corrected chi connectivity index (χ0v) is 12.2. The van der Waals surface area contributed by atoms with Gasteiger partial charge in [-0.25, -0.2) is 4.98 Å². The van der Waals surface area contributed by atoms with Gasteiger partial charge in [0.2, 0.25) is 0 Å². The number of ether oxygens (including phenoxy) is 1. The summed E-state index contributed by atoms with van der Waals surface area (Å²) in [4.78, 5) is 7.48. The van der Waals surface area contributed by atoms with E-state index in [2.05, 4.69) is 34.3 Å². The van der Waals surface area contributed by atoms with Crippen molar-refractivity contribution in [1.29, 1.82) is 0 Å². The normalized spacial score (nSPS) is 12.3. The molecule has 4 nitrogen and oxygen atoms in total. The molecule has 1 atom stereocenters. The quantitative estimate of drug-likeness (QED) is 0.777. The highest BCUT2D eigenvalue weighted by molar-refractivity contribution is 5.27. The molecule has 0 saturated heterocycles. The van der Waals surface area contributed by atoms with Crippen LogP contribution in [0.15, 0.2) is 36.7 Å². The molecule has 0 aliphatic heterocycles. The summed E-state index contributed by atoms with van der Waals surface area (Å²) in [6, 6.07) is 8.76. The molecule has 0 amide bonds. The van der Waals surface area contributed by atoms with Gasteiger partial charge < -0.3 is 15.0 Å². The Labute approximate surface area is 120 Å². The van der Waals surface area contributed by atoms with Crippen LogP contribution in [-0.2, 0) is 12.8 Å². The molecule has 0 aliphatic carbocycles. The van der Waals surface area contributed by atoms with Gasteiger partial charge >= 0.3 is 0 Å². The van der Waals surface area contributed by atoms with E-state index in [-0.39, 0.29) is 0 Å². The highest BCUT2D eigenvalue weighted by Gasteiger charge is 2.10. The first-order valence-corrected chi connectivity index (χ1v) is 7.16. The highest BCUT2D eigenvalue weighted by Crippen LogP contribution is 2.14. The third-order valence-corrected chi connectivity index (χ3v) is 3.43. The van der Waals surface area contributed by atoms with Gasteiger partial charge in [0.15, 0.2) is 0 Å². The third kappa shape index (κ3) is 4.38. The average molecular weight is 273 g/mol. The molecule has 1 aromatic carbocycles. The Balaban J connectivity index is 1.87. The van der Waals surface area contributed by atoms with E-state index in [1.54, 1.807) is 7.11 Å². The number of nitrogens with one attached hydrogen (secondary N) is 2. The topological polar surface area (TPSA) is 49.9 Å². The van der Waals surface area contributed by atoms with Crippen LogP contribution in [-0.4, -0.2) is 29.7 Å². The van der Waals surface area contributed by atoms with E-state index in [1.807, 2.05) is 24.5 Å². The van der Waals surface area contributed by atoms with Crippen molar-refractivity contribution in [2.24, 2.45) is 0 Å². The molecule has 0 bridgehead atoms. The van der Waals surface area contributed by atoms with Crippen LogP contribution >= 0.6 is 0 Å². The summed E-state index contributed by atoms with van der Waals surface area (Å²) in [5.41, 5.74) is 1.34. The standard InChI is InChI=1S/C16H23N3O/c1-3-17-14(12-16-18-10-11-19-16)7-4-13-5-8-15(20-2)9-6-13/h5-6,8-11,14,17H,3-4,7,12H2,1-2H3,(H,18,19).